The van der Waals surface area contributed by atoms with Gasteiger partial charge in [0.15, 0.2) is 0 Å². The molecule has 1 heteroatoms. The zero-order chi connectivity index (χ0) is 5.70. The van der Waals surface area contributed by atoms with Crippen molar-refractivity contribution in [2.75, 3.05) is 13.7 Å². The second-order valence-corrected chi connectivity index (χ2v) is 1.74. The molecule has 0 radical (unpaired) electrons. The first kappa shape index (κ1) is 6.70. The monoisotopic (exact) mass is 100 g/mol. The van der Waals surface area contributed by atoms with Gasteiger partial charge in [0, 0.05) is 7.11 Å². The molecule has 0 aromatic heterocycles. The molecule has 7 heavy (non-hydrogen) atoms. The van der Waals surface area contributed by atoms with Crippen molar-refractivity contribution in [3.63, 3.8) is 0 Å². The smallest absolute Gasteiger partial charge is 0.0646 e. The van der Waals surface area contributed by atoms with E-state index in [0.717, 1.165) is 6.61 Å². The third-order valence-corrected chi connectivity index (χ3v) is 0.658. The molecule has 0 atom stereocenters. The van der Waals surface area contributed by atoms with Crippen molar-refractivity contribution in [3.05, 3.63) is 11.6 Å². The van der Waals surface area contributed by atoms with Crippen LogP contribution in [0.1, 0.15) is 13.8 Å². The Balaban J connectivity index is 3.08. The molecule has 0 heterocycles. The predicted molar refractivity (Wildman–Crippen MR) is 31.3 cm³/mol. The molecule has 1 nitrogen and oxygen atoms in total. The highest BCUT2D eigenvalue weighted by atomic mass is 16.5. The van der Waals surface area contributed by atoms with Crippen LogP contribution in [0.15, 0.2) is 11.6 Å². The first-order valence-electron chi connectivity index (χ1n) is 2.39. The van der Waals surface area contributed by atoms with E-state index in [-0.39, 0.29) is 0 Å². The van der Waals surface area contributed by atoms with Crippen molar-refractivity contribution in [3.8, 4) is 0 Å². The topological polar surface area (TPSA) is 9.23 Å². The molecule has 0 spiro atoms. The summed E-state index contributed by atoms with van der Waals surface area (Å²) in [5.41, 5.74) is 1.31. The van der Waals surface area contributed by atoms with Gasteiger partial charge in [-0.25, -0.2) is 0 Å². The summed E-state index contributed by atoms with van der Waals surface area (Å²) in [5, 5.41) is 0. The lowest BCUT2D eigenvalue weighted by molar-refractivity contribution is 0.233. The van der Waals surface area contributed by atoms with Gasteiger partial charge in [-0.2, -0.15) is 0 Å². The lowest BCUT2D eigenvalue weighted by atomic mass is 10.3. The Kier molecular flexibility index (Phi) is 3.71. The van der Waals surface area contributed by atoms with Crippen molar-refractivity contribution < 1.29 is 4.74 Å². The summed E-state index contributed by atoms with van der Waals surface area (Å²) < 4.78 is 4.78. The maximum absolute atomic E-state index is 4.78. The minimum absolute atomic E-state index is 0.738. The highest BCUT2D eigenvalue weighted by Crippen LogP contribution is 1.85. The van der Waals surface area contributed by atoms with E-state index in [2.05, 4.69) is 13.8 Å². The van der Waals surface area contributed by atoms with Gasteiger partial charge < -0.3 is 4.74 Å². The van der Waals surface area contributed by atoms with Crippen molar-refractivity contribution in [1.82, 2.24) is 0 Å². The van der Waals surface area contributed by atoms with E-state index in [9.17, 15) is 0 Å². The van der Waals surface area contributed by atoms with Crippen LogP contribution in [0.4, 0.5) is 0 Å². The maximum atomic E-state index is 4.78. The number of methoxy groups -OCH3 is 1. The Morgan fingerprint density at radius 1 is 1.57 bits per heavy atom. The number of hydrogen-bond acceptors (Lipinski definition) is 1. The van der Waals surface area contributed by atoms with Crippen LogP contribution in [0.2, 0.25) is 0 Å². The average Bonchev–Trinajstić information content (AvgIpc) is 1.61. The lowest BCUT2D eigenvalue weighted by Crippen LogP contribution is -1.80. The number of allylic oxidation sites excluding steroid dienone is 1. The first-order chi connectivity index (χ1) is 3.27. The summed E-state index contributed by atoms with van der Waals surface area (Å²) in [7, 11) is 1.69. The lowest BCUT2D eigenvalue weighted by Gasteiger charge is -1.87. The SMILES string of the molecule is COCC=C(C)C. The highest BCUT2D eigenvalue weighted by molar-refractivity contribution is 4.92. The maximum Gasteiger partial charge on any atom is 0.0646 e. The summed E-state index contributed by atoms with van der Waals surface area (Å²) in [6.45, 7) is 4.85. The first-order valence-corrected chi connectivity index (χ1v) is 2.39. The summed E-state index contributed by atoms with van der Waals surface area (Å²) >= 11 is 0. The summed E-state index contributed by atoms with van der Waals surface area (Å²) in [4.78, 5) is 0. The predicted octanol–water partition coefficient (Wildman–Crippen LogP) is 1.60. The molecule has 0 bridgehead atoms. The molecule has 0 rings (SSSR count). The van der Waals surface area contributed by atoms with Crippen LogP contribution in [-0.2, 0) is 4.74 Å². The number of rotatable bonds is 2. The van der Waals surface area contributed by atoms with Gasteiger partial charge in [0.2, 0.25) is 0 Å². The summed E-state index contributed by atoms with van der Waals surface area (Å²) in [6.07, 6.45) is 2.04. The van der Waals surface area contributed by atoms with Crippen LogP contribution < -0.4 is 0 Å². The Hall–Kier alpha value is -0.300. The van der Waals surface area contributed by atoms with Crippen LogP contribution in [0.25, 0.3) is 0 Å². The average molecular weight is 100 g/mol. The van der Waals surface area contributed by atoms with Crippen LogP contribution in [-0.4, -0.2) is 13.7 Å². The van der Waals surface area contributed by atoms with E-state index in [1.807, 2.05) is 6.08 Å². The fraction of sp³-hybridized carbons (Fsp3) is 0.667. The normalized spacial score (nSPS) is 8.43. The molecular weight excluding hydrogens is 88.1 g/mol. The van der Waals surface area contributed by atoms with Gasteiger partial charge in [0.1, 0.15) is 0 Å². The van der Waals surface area contributed by atoms with E-state index >= 15 is 0 Å². The van der Waals surface area contributed by atoms with Crippen LogP contribution in [0.5, 0.6) is 0 Å². The number of hydrogen-bond donors (Lipinski definition) is 0. The van der Waals surface area contributed by atoms with Crippen LogP contribution in [0.3, 0.4) is 0 Å². The highest BCUT2D eigenvalue weighted by Gasteiger charge is 1.72. The zero-order valence-corrected chi connectivity index (χ0v) is 5.19. The largest absolute Gasteiger partial charge is 0.381 e. The van der Waals surface area contributed by atoms with Crippen molar-refractivity contribution in [2.24, 2.45) is 0 Å². The second-order valence-electron chi connectivity index (χ2n) is 1.74. The van der Waals surface area contributed by atoms with Crippen molar-refractivity contribution >= 4 is 0 Å². The van der Waals surface area contributed by atoms with Crippen molar-refractivity contribution in [1.29, 1.82) is 0 Å². The molecule has 0 saturated heterocycles. The molecule has 0 unspecified atom stereocenters. The molecule has 0 aliphatic carbocycles. The molecule has 42 valence electrons. The van der Waals surface area contributed by atoms with Crippen molar-refractivity contribution in [2.45, 2.75) is 13.8 Å². The summed E-state index contributed by atoms with van der Waals surface area (Å²) in [5.74, 6) is 0. The van der Waals surface area contributed by atoms with Gasteiger partial charge in [-0.05, 0) is 13.8 Å². The van der Waals surface area contributed by atoms with E-state index in [1.165, 1.54) is 5.57 Å². The Morgan fingerprint density at radius 3 is 2.29 bits per heavy atom. The minimum Gasteiger partial charge on any atom is -0.381 e. The van der Waals surface area contributed by atoms with Gasteiger partial charge in [-0.3, -0.25) is 0 Å². The molecule has 0 saturated carbocycles. The Labute approximate surface area is 45.0 Å². The summed E-state index contributed by atoms with van der Waals surface area (Å²) in [6, 6.07) is 0. The van der Waals surface area contributed by atoms with Gasteiger partial charge in [-0.1, -0.05) is 11.6 Å². The molecule has 0 N–H and O–H groups in total. The standard InChI is InChI=1S/C6H12O/c1-6(2)4-5-7-3/h4H,5H2,1-3H3. The van der Waals surface area contributed by atoms with Crippen LogP contribution in [0, 0.1) is 0 Å². The molecule has 0 aromatic carbocycles. The van der Waals surface area contributed by atoms with Gasteiger partial charge in [-0.15, -0.1) is 0 Å². The van der Waals surface area contributed by atoms with E-state index < -0.39 is 0 Å². The quantitative estimate of drug-likeness (QED) is 0.479. The Morgan fingerprint density at radius 2 is 2.14 bits per heavy atom. The fourth-order valence-electron chi connectivity index (χ4n) is 0.250. The van der Waals surface area contributed by atoms with E-state index in [0.29, 0.717) is 0 Å². The molecule has 0 amide bonds. The van der Waals surface area contributed by atoms with Crippen LogP contribution >= 0.6 is 0 Å². The fourth-order valence-corrected chi connectivity index (χ4v) is 0.250. The zero-order valence-electron chi connectivity index (χ0n) is 5.19. The molecule has 0 aromatic rings. The molecular formula is C6H12O. The minimum atomic E-state index is 0.738. The molecule has 0 aliphatic heterocycles. The third kappa shape index (κ3) is 5.70. The van der Waals surface area contributed by atoms with Gasteiger partial charge >= 0.3 is 0 Å². The van der Waals surface area contributed by atoms with Gasteiger partial charge in [0.05, 0.1) is 6.61 Å². The molecule has 0 aliphatic rings. The second kappa shape index (κ2) is 3.88. The third-order valence-electron chi connectivity index (χ3n) is 0.658. The number of ether oxygens (including phenoxy) is 1. The Bertz CT molecular complexity index is 60.6. The van der Waals surface area contributed by atoms with Gasteiger partial charge in [0.25, 0.3) is 0 Å². The molecule has 0 fully saturated rings. The van der Waals surface area contributed by atoms with E-state index in [4.69, 9.17) is 4.74 Å². The van der Waals surface area contributed by atoms with E-state index in [1.54, 1.807) is 7.11 Å².